The smallest absolute Gasteiger partial charge is 0.280 e. The molecule has 6 rings (SSSR count). The van der Waals surface area contributed by atoms with Crippen LogP contribution in [0.5, 0.6) is 0 Å². The molecule has 41 heavy (non-hydrogen) atoms. The number of nitrogens with one attached hydrogen (secondary N) is 1. The van der Waals surface area contributed by atoms with Crippen LogP contribution in [0.15, 0.2) is 39.3 Å². The normalized spacial score (nSPS) is 25.7. The number of aromatic nitrogens is 2. The molecule has 6 N–H and O–H groups in total. The summed E-state index contributed by atoms with van der Waals surface area (Å²) in [4.78, 5) is 43.4. The van der Waals surface area contributed by atoms with Crippen LogP contribution in [0.25, 0.3) is 0 Å². The third-order valence-corrected chi connectivity index (χ3v) is 10.0. The second-order valence-corrected chi connectivity index (χ2v) is 12.5. The number of amides is 2. The number of carbonyl (C=O) groups excluding carboxylic acids is 2. The number of carbonyl (C=O) groups is 2. The third kappa shape index (κ3) is 5.37. The van der Waals surface area contributed by atoms with E-state index in [4.69, 9.17) is 27.8 Å². The summed E-state index contributed by atoms with van der Waals surface area (Å²) in [7, 11) is 0. The minimum Gasteiger partial charge on any atom is -0.381 e. The predicted octanol–water partition coefficient (Wildman–Crippen LogP) is 2.25. The fraction of sp³-hybridized carbons (Fsp3) is 0.519. The summed E-state index contributed by atoms with van der Waals surface area (Å²) in [5.41, 5.74) is 10.7. The van der Waals surface area contributed by atoms with Gasteiger partial charge in [0, 0.05) is 42.4 Å². The predicted molar refractivity (Wildman–Crippen MR) is 156 cm³/mol. The summed E-state index contributed by atoms with van der Waals surface area (Å²) in [5, 5.41) is 14.4. The Morgan fingerprint density at radius 1 is 1.24 bits per heavy atom. The molecule has 0 saturated carbocycles. The quantitative estimate of drug-likeness (QED) is 0.399. The van der Waals surface area contributed by atoms with Crippen molar-refractivity contribution in [2.75, 3.05) is 48.8 Å². The Kier molecular flexibility index (Phi) is 7.57. The van der Waals surface area contributed by atoms with E-state index in [2.05, 4.69) is 25.2 Å². The van der Waals surface area contributed by atoms with E-state index in [1.807, 2.05) is 0 Å². The number of nitrogens with two attached hydrogens (primary N) is 2. The fourth-order valence-corrected chi connectivity index (χ4v) is 6.99. The molecule has 4 aliphatic rings. The van der Waals surface area contributed by atoms with Crippen molar-refractivity contribution in [3.05, 3.63) is 29.4 Å². The molecule has 0 radical (unpaired) electrons. The third-order valence-electron chi connectivity index (χ3n) is 8.45. The second-order valence-electron chi connectivity index (χ2n) is 11.1. The number of hydrogen-bond donors (Lipinski definition) is 4. The van der Waals surface area contributed by atoms with Gasteiger partial charge in [0.05, 0.1) is 36.5 Å². The first-order valence-electron chi connectivity index (χ1n) is 13.8. The van der Waals surface area contributed by atoms with Crippen LogP contribution in [-0.4, -0.2) is 82.2 Å². The lowest BCUT2D eigenvalue weighted by Crippen LogP contribution is -2.54. The molecule has 12 nitrogen and oxygen atoms in total. The van der Waals surface area contributed by atoms with Crippen LogP contribution in [0.1, 0.15) is 38.5 Å². The highest BCUT2D eigenvalue weighted by molar-refractivity contribution is 7.99. The minimum atomic E-state index is -2.19. The van der Waals surface area contributed by atoms with Gasteiger partial charge in [-0.15, -0.1) is 0 Å². The van der Waals surface area contributed by atoms with Gasteiger partial charge in [-0.1, -0.05) is 29.4 Å². The first-order valence-corrected chi connectivity index (χ1v) is 15.0. The molecule has 1 aromatic carbocycles. The number of nitrogen functional groups attached to an aromatic ring is 1. The fourth-order valence-electron chi connectivity index (χ4n) is 5.89. The number of benzene rings is 1. The molecule has 3 fully saturated rings. The Labute approximate surface area is 246 Å². The van der Waals surface area contributed by atoms with Crippen molar-refractivity contribution in [1.29, 1.82) is 0 Å². The average molecular weight is 601 g/mol. The molecular weight excluding hydrogens is 568 g/mol. The number of ether oxygens (including phenoxy) is 1. The molecule has 1 aromatic heterocycles. The van der Waals surface area contributed by atoms with Crippen LogP contribution >= 0.6 is 23.4 Å². The number of rotatable bonds is 5. The maximum absolute atomic E-state index is 13.1. The first-order chi connectivity index (χ1) is 19.7. The lowest BCUT2D eigenvalue weighted by Gasteiger charge is -2.41. The molecule has 4 aliphatic heterocycles. The number of piperidine rings is 2. The summed E-state index contributed by atoms with van der Waals surface area (Å²) in [6, 6.07) is 5.16. The van der Waals surface area contributed by atoms with Crippen molar-refractivity contribution in [2.24, 2.45) is 16.1 Å². The minimum absolute atomic E-state index is 0.0355. The number of amidine groups is 1. The van der Waals surface area contributed by atoms with Gasteiger partial charge in [0.15, 0.2) is 5.82 Å². The number of aliphatic hydroxyl groups is 1. The van der Waals surface area contributed by atoms with Gasteiger partial charge in [0.25, 0.3) is 5.91 Å². The summed E-state index contributed by atoms with van der Waals surface area (Å²) in [6.45, 7) is 3.46. The van der Waals surface area contributed by atoms with Crippen molar-refractivity contribution in [3.8, 4) is 0 Å². The Balaban J connectivity index is 1.14. The van der Waals surface area contributed by atoms with E-state index in [1.165, 1.54) is 11.8 Å². The van der Waals surface area contributed by atoms with Gasteiger partial charge in [-0.25, -0.2) is 15.0 Å². The van der Waals surface area contributed by atoms with Gasteiger partial charge in [-0.2, -0.15) is 0 Å². The lowest BCUT2D eigenvalue weighted by molar-refractivity contribution is -0.145. The molecule has 1 spiro atoms. The molecule has 218 valence electrons. The molecule has 0 aliphatic carbocycles. The number of fused-ring (bicyclic) bond motifs is 1. The van der Waals surface area contributed by atoms with Crippen LogP contribution in [0, 0.1) is 5.41 Å². The van der Waals surface area contributed by atoms with Crippen molar-refractivity contribution in [1.82, 2.24) is 14.9 Å². The topological polar surface area (TPSA) is 172 Å². The molecule has 14 heteroatoms. The maximum atomic E-state index is 13.1. The average Bonchev–Trinajstić information content (AvgIpc) is 3.31. The standard InChI is InChI=1S/C27H33ClN8O4S/c28-22-16(32-25(38)27(39)12-21(37)36-9-2-1-6-19(36)34-27)4-3-5-17(22)41-24-23(30)33-20(13-31-24)35-10-7-26(8-11-35)15-40-14-18(26)29/h3-5,13,18,39H,1-2,6-12,14-15,29H2,(H2,30,33)(H,32,38). The molecule has 2 atom stereocenters. The van der Waals surface area contributed by atoms with Crippen molar-refractivity contribution in [3.63, 3.8) is 0 Å². The van der Waals surface area contributed by atoms with E-state index >= 15 is 0 Å². The van der Waals surface area contributed by atoms with Crippen LogP contribution in [-0.2, 0) is 14.3 Å². The zero-order valence-electron chi connectivity index (χ0n) is 22.5. The molecule has 2 amide bonds. The summed E-state index contributed by atoms with van der Waals surface area (Å²) < 4.78 is 5.62. The summed E-state index contributed by atoms with van der Waals surface area (Å²) >= 11 is 7.88. The largest absolute Gasteiger partial charge is 0.381 e. The van der Waals surface area contributed by atoms with Gasteiger partial charge in [0.1, 0.15) is 16.7 Å². The number of hydrogen-bond acceptors (Lipinski definition) is 11. The lowest BCUT2D eigenvalue weighted by atomic mass is 9.75. The Hall–Kier alpha value is -2.97. The van der Waals surface area contributed by atoms with Gasteiger partial charge in [-0.3, -0.25) is 9.59 Å². The van der Waals surface area contributed by atoms with Crippen LogP contribution in [0.3, 0.4) is 0 Å². The summed E-state index contributed by atoms with van der Waals surface area (Å²) in [6.07, 6.45) is 5.38. The zero-order chi connectivity index (χ0) is 28.8. The monoisotopic (exact) mass is 600 g/mol. The Morgan fingerprint density at radius 3 is 2.78 bits per heavy atom. The van der Waals surface area contributed by atoms with E-state index in [0.717, 1.165) is 38.8 Å². The van der Waals surface area contributed by atoms with Crippen molar-refractivity contribution < 1.29 is 19.4 Å². The van der Waals surface area contributed by atoms with Crippen LogP contribution in [0.4, 0.5) is 17.3 Å². The highest BCUT2D eigenvalue weighted by Crippen LogP contribution is 2.41. The van der Waals surface area contributed by atoms with Crippen molar-refractivity contribution in [2.45, 2.75) is 60.2 Å². The molecule has 2 aromatic rings. The SMILES string of the molecule is Nc1nc(N2CCC3(CC2)COCC3N)cnc1Sc1cccc(NC(=O)C2(O)CC(=O)N3CCCCC3=N2)c1Cl. The first kappa shape index (κ1) is 28.2. The highest BCUT2D eigenvalue weighted by atomic mass is 35.5. The van der Waals surface area contributed by atoms with E-state index in [1.54, 1.807) is 29.3 Å². The number of aliphatic imine (C=N–C) groups is 1. The molecule has 3 saturated heterocycles. The Bertz CT molecular complexity index is 1400. The summed E-state index contributed by atoms with van der Waals surface area (Å²) in [5.74, 6) is 0.278. The number of halogens is 1. The molecule has 5 heterocycles. The van der Waals surface area contributed by atoms with Crippen LogP contribution in [0.2, 0.25) is 5.02 Å². The van der Waals surface area contributed by atoms with E-state index in [9.17, 15) is 14.7 Å². The molecule has 0 bridgehead atoms. The van der Waals surface area contributed by atoms with Gasteiger partial charge in [-0.05, 0) is 37.8 Å². The van der Waals surface area contributed by atoms with E-state index < -0.39 is 18.1 Å². The molecular formula is C27H33ClN8O4S. The highest BCUT2D eigenvalue weighted by Gasteiger charge is 2.46. The second kappa shape index (κ2) is 11.0. The number of anilines is 3. The molecule has 2 unspecified atom stereocenters. The van der Waals surface area contributed by atoms with Crippen molar-refractivity contribution >= 4 is 58.3 Å². The van der Waals surface area contributed by atoms with Crippen LogP contribution < -0.4 is 21.7 Å². The van der Waals surface area contributed by atoms with Gasteiger partial charge >= 0.3 is 0 Å². The van der Waals surface area contributed by atoms with Gasteiger partial charge in [0.2, 0.25) is 11.6 Å². The maximum Gasteiger partial charge on any atom is 0.280 e. The zero-order valence-corrected chi connectivity index (χ0v) is 24.1. The van der Waals surface area contributed by atoms with Gasteiger partial charge < -0.3 is 36.4 Å². The van der Waals surface area contributed by atoms with E-state index in [-0.39, 0.29) is 33.9 Å². The Morgan fingerprint density at radius 2 is 2.05 bits per heavy atom. The number of nitrogens with zero attached hydrogens (tertiary/aromatic N) is 5. The van der Waals surface area contributed by atoms with E-state index in [0.29, 0.717) is 47.8 Å².